The minimum Gasteiger partial charge on any atom is -0.373 e. The van der Waals surface area contributed by atoms with Crippen molar-refractivity contribution < 1.29 is 4.92 Å². The van der Waals surface area contributed by atoms with Crippen molar-refractivity contribution in [1.29, 1.82) is 0 Å². The first-order valence-corrected chi connectivity index (χ1v) is 6.73. The van der Waals surface area contributed by atoms with Crippen molar-refractivity contribution in [2.45, 2.75) is 26.2 Å². The molecule has 1 heterocycles. The molecule has 6 heteroatoms. The SMILES string of the molecule is CCN(CC1CCC1)c1cc([N+](=O)[O-])cc(NC)n1. The number of anilines is 2. The summed E-state index contributed by atoms with van der Waals surface area (Å²) in [4.78, 5) is 17.1. The van der Waals surface area contributed by atoms with Gasteiger partial charge in [0.05, 0.1) is 17.1 Å². The summed E-state index contributed by atoms with van der Waals surface area (Å²) < 4.78 is 0. The molecule has 2 rings (SSSR count). The number of rotatable bonds is 6. The van der Waals surface area contributed by atoms with E-state index in [0.717, 1.165) is 13.1 Å². The Morgan fingerprint density at radius 3 is 2.74 bits per heavy atom. The molecule has 1 aliphatic rings. The van der Waals surface area contributed by atoms with Crippen molar-refractivity contribution in [2.24, 2.45) is 5.92 Å². The molecule has 104 valence electrons. The minimum absolute atomic E-state index is 0.0846. The highest BCUT2D eigenvalue weighted by atomic mass is 16.6. The molecular weight excluding hydrogens is 244 g/mol. The maximum Gasteiger partial charge on any atom is 0.276 e. The molecule has 0 aliphatic heterocycles. The maximum absolute atomic E-state index is 11.0. The summed E-state index contributed by atoms with van der Waals surface area (Å²) in [6.07, 6.45) is 3.81. The van der Waals surface area contributed by atoms with Crippen molar-refractivity contribution >= 4 is 17.3 Å². The smallest absolute Gasteiger partial charge is 0.276 e. The Morgan fingerprint density at radius 1 is 1.53 bits per heavy atom. The van der Waals surface area contributed by atoms with Crippen LogP contribution < -0.4 is 10.2 Å². The average Bonchev–Trinajstić information content (AvgIpc) is 2.37. The quantitative estimate of drug-likeness (QED) is 0.631. The van der Waals surface area contributed by atoms with Crippen LogP contribution in [-0.2, 0) is 0 Å². The molecular formula is C13H20N4O2. The van der Waals surface area contributed by atoms with E-state index in [1.54, 1.807) is 13.1 Å². The molecule has 19 heavy (non-hydrogen) atoms. The van der Waals surface area contributed by atoms with E-state index in [4.69, 9.17) is 0 Å². The Hall–Kier alpha value is -1.85. The lowest BCUT2D eigenvalue weighted by Gasteiger charge is -2.32. The number of aromatic nitrogens is 1. The summed E-state index contributed by atoms with van der Waals surface area (Å²) in [5.74, 6) is 1.93. The Kier molecular flexibility index (Phi) is 4.19. The van der Waals surface area contributed by atoms with E-state index in [1.807, 2.05) is 0 Å². The topological polar surface area (TPSA) is 71.3 Å². The van der Waals surface area contributed by atoms with Crippen LogP contribution in [0.3, 0.4) is 0 Å². The number of hydrogen-bond donors (Lipinski definition) is 1. The van der Waals surface area contributed by atoms with Crippen LogP contribution in [0.15, 0.2) is 12.1 Å². The molecule has 0 saturated heterocycles. The van der Waals surface area contributed by atoms with E-state index in [-0.39, 0.29) is 10.6 Å². The Balaban J connectivity index is 2.24. The van der Waals surface area contributed by atoms with E-state index < -0.39 is 0 Å². The molecule has 0 unspecified atom stereocenters. The molecule has 1 aliphatic carbocycles. The molecule has 0 aromatic carbocycles. The van der Waals surface area contributed by atoms with Crippen LogP contribution in [0.4, 0.5) is 17.3 Å². The largest absolute Gasteiger partial charge is 0.373 e. The van der Waals surface area contributed by atoms with Crippen LogP contribution in [0.5, 0.6) is 0 Å². The van der Waals surface area contributed by atoms with Gasteiger partial charge < -0.3 is 10.2 Å². The zero-order chi connectivity index (χ0) is 13.8. The van der Waals surface area contributed by atoms with Gasteiger partial charge in [-0.25, -0.2) is 4.98 Å². The van der Waals surface area contributed by atoms with Crippen LogP contribution >= 0.6 is 0 Å². The van der Waals surface area contributed by atoms with Gasteiger partial charge in [-0.3, -0.25) is 10.1 Å². The van der Waals surface area contributed by atoms with Gasteiger partial charge in [-0.05, 0) is 25.7 Å². The van der Waals surface area contributed by atoms with Crippen LogP contribution in [0.1, 0.15) is 26.2 Å². The third kappa shape index (κ3) is 3.13. The van der Waals surface area contributed by atoms with E-state index in [2.05, 4.69) is 22.1 Å². The lowest BCUT2D eigenvalue weighted by Crippen LogP contribution is -2.33. The van der Waals surface area contributed by atoms with Crippen molar-refractivity contribution in [3.8, 4) is 0 Å². The molecule has 0 spiro atoms. The van der Waals surface area contributed by atoms with Gasteiger partial charge in [-0.1, -0.05) is 6.42 Å². The van der Waals surface area contributed by atoms with Crippen molar-refractivity contribution in [1.82, 2.24) is 4.98 Å². The van der Waals surface area contributed by atoms with Gasteiger partial charge in [-0.15, -0.1) is 0 Å². The molecule has 6 nitrogen and oxygen atoms in total. The zero-order valence-electron chi connectivity index (χ0n) is 11.4. The fraction of sp³-hybridized carbons (Fsp3) is 0.615. The third-order valence-electron chi connectivity index (χ3n) is 3.67. The van der Waals surface area contributed by atoms with Crippen molar-refractivity contribution in [3.05, 3.63) is 22.2 Å². The number of pyridine rings is 1. The van der Waals surface area contributed by atoms with E-state index >= 15 is 0 Å². The van der Waals surface area contributed by atoms with Gasteiger partial charge in [-0.2, -0.15) is 0 Å². The highest BCUT2D eigenvalue weighted by Crippen LogP contribution is 2.30. The third-order valence-corrected chi connectivity index (χ3v) is 3.67. The van der Waals surface area contributed by atoms with Crippen LogP contribution in [0.2, 0.25) is 0 Å². The molecule has 1 aromatic rings. The van der Waals surface area contributed by atoms with Crippen LogP contribution in [0, 0.1) is 16.0 Å². The summed E-state index contributed by atoms with van der Waals surface area (Å²) in [5, 5.41) is 13.8. The number of nitro groups is 1. The predicted molar refractivity (Wildman–Crippen MR) is 75.7 cm³/mol. The van der Waals surface area contributed by atoms with Gasteiger partial charge in [0, 0.05) is 20.1 Å². The van der Waals surface area contributed by atoms with Gasteiger partial charge in [0.25, 0.3) is 5.69 Å². The highest BCUT2D eigenvalue weighted by molar-refractivity contribution is 5.55. The standard InChI is InChI=1S/C13H20N4O2/c1-3-16(9-10-5-4-6-10)13-8-11(17(18)19)7-12(14-2)15-13/h7-8,10H,3-6,9H2,1-2H3,(H,14,15). The summed E-state index contributed by atoms with van der Waals surface area (Å²) in [5.41, 5.74) is 0.0846. The first-order valence-electron chi connectivity index (χ1n) is 6.73. The summed E-state index contributed by atoms with van der Waals surface area (Å²) >= 11 is 0. The molecule has 0 bridgehead atoms. The Labute approximate surface area is 113 Å². The van der Waals surface area contributed by atoms with Crippen molar-refractivity contribution in [2.75, 3.05) is 30.4 Å². The fourth-order valence-corrected chi connectivity index (χ4v) is 2.27. The lowest BCUT2D eigenvalue weighted by atomic mass is 9.85. The summed E-state index contributed by atoms with van der Waals surface area (Å²) in [6.45, 7) is 3.81. The monoisotopic (exact) mass is 264 g/mol. The van der Waals surface area contributed by atoms with Gasteiger partial charge >= 0.3 is 0 Å². The Bertz CT molecular complexity index is 460. The highest BCUT2D eigenvalue weighted by Gasteiger charge is 2.22. The molecule has 1 aromatic heterocycles. The predicted octanol–water partition coefficient (Wildman–Crippen LogP) is 2.66. The molecule has 1 saturated carbocycles. The van der Waals surface area contributed by atoms with Crippen molar-refractivity contribution in [3.63, 3.8) is 0 Å². The lowest BCUT2D eigenvalue weighted by molar-refractivity contribution is -0.384. The first kappa shape index (κ1) is 13.6. The average molecular weight is 264 g/mol. The van der Waals surface area contributed by atoms with E-state index in [0.29, 0.717) is 17.6 Å². The molecule has 0 radical (unpaired) electrons. The van der Waals surface area contributed by atoms with Crippen LogP contribution in [0.25, 0.3) is 0 Å². The van der Waals surface area contributed by atoms with Gasteiger partial charge in [0.2, 0.25) is 0 Å². The first-order chi connectivity index (χ1) is 9.13. The summed E-state index contributed by atoms with van der Waals surface area (Å²) in [7, 11) is 1.72. The second kappa shape index (κ2) is 5.86. The second-order valence-corrected chi connectivity index (χ2v) is 4.91. The molecule has 1 N–H and O–H groups in total. The van der Waals surface area contributed by atoms with E-state index in [1.165, 1.54) is 25.3 Å². The minimum atomic E-state index is -0.372. The Morgan fingerprint density at radius 2 is 2.26 bits per heavy atom. The number of nitrogens with zero attached hydrogens (tertiary/aromatic N) is 3. The zero-order valence-corrected chi connectivity index (χ0v) is 11.4. The van der Waals surface area contributed by atoms with Gasteiger partial charge in [0.15, 0.2) is 0 Å². The van der Waals surface area contributed by atoms with E-state index in [9.17, 15) is 10.1 Å². The summed E-state index contributed by atoms with van der Waals surface area (Å²) in [6, 6.07) is 3.02. The number of hydrogen-bond acceptors (Lipinski definition) is 5. The molecule has 0 amide bonds. The molecule has 0 atom stereocenters. The fourth-order valence-electron chi connectivity index (χ4n) is 2.27. The van der Waals surface area contributed by atoms with Crippen LogP contribution in [-0.4, -0.2) is 30.0 Å². The van der Waals surface area contributed by atoms with Gasteiger partial charge in [0.1, 0.15) is 11.6 Å². The number of nitrogens with one attached hydrogen (secondary N) is 1. The second-order valence-electron chi connectivity index (χ2n) is 4.91. The maximum atomic E-state index is 11.0. The molecule has 1 fully saturated rings. The normalized spacial score (nSPS) is 14.8.